The van der Waals surface area contributed by atoms with E-state index >= 15 is 0 Å². The molecule has 2 aliphatic rings. The van der Waals surface area contributed by atoms with Gasteiger partial charge in [0.15, 0.2) is 0 Å². The van der Waals surface area contributed by atoms with Gasteiger partial charge in [0.1, 0.15) is 0 Å². The standard InChI is InChI=1S/C18H26N2O3/c1-2-23-16-10-15(18(16)7-4-8-18)20-17(22)19-11-13-5-3-6-14(9-13)12-21/h3,5-6,9,15-16,21H,2,4,7-8,10-12H2,1H3,(H2,19,20,22). The number of nitrogens with one attached hydrogen (secondary N) is 2. The van der Waals surface area contributed by atoms with E-state index in [1.165, 1.54) is 6.42 Å². The van der Waals surface area contributed by atoms with Gasteiger partial charge in [-0.2, -0.15) is 0 Å². The van der Waals surface area contributed by atoms with Crippen molar-refractivity contribution in [2.24, 2.45) is 5.41 Å². The molecule has 2 amide bonds. The molecule has 0 radical (unpaired) electrons. The number of rotatable bonds is 6. The van der Waals surface area contributed by atoms with E-state index in [1.807, 2.05) is 31.2 Å². The summed E-state index contributed by atoms with van der Waals surface area (Å²) in [4.78, 5) is 12.2. The van der Waals surface area contributed by atoms with Crippen molar-refractivity contribution in [3.63, 3.8) is 0 Å². The van der Waals surface area contributed by atoms with E-state index in [1.54, 1.807) is 0 Å². The van der Waals surface area contributed by atoms with Crippen LogP contribution in [0.15, 0.2) is 24.3 Å². The van der Waals surface area contributed by atoms with E-state index in [0.717, 1.165) is 37.0 Å². The van der Waals surface area contributed by atoms with Crippen LogP contribution in [-0.2, 0) is 17.9 Å². The fourth-order valence-electron chi connectivity index (χ4n) is 3.87. The lowest BCUT2D eigenvalue weighted by Crippen LogP contribution is -2.68. The molecule has 0 aliphatic heterocycles. The van der Waals surface area contributed by atoms with Gasteiger partial charge < -0.3 is 20.5 Å². The Hall–Kier alpha value is -1.59. The van der Waals surface area contributed by atoms with Crippen LogP contribution in [0, 0.1) is 5.41 Å². The highest BCUT2D eigenvalue weighted by Gasteiger charge is 2.59. The molecule has 5 heteroatoms. The molecule has 1 aromatic carbocycles. The summed E-state index contributed by atoms with van der Waals surface area (Å²) < 4.78 is 5.81. The third kappa shape index (κ3) is 3.21. The first-order valence-corrected chi connectivity index (χ1v) is 8.52. The zero-order valence-electron chi connectivity index (χ0n) is 13.7. The minimum atomic E-state index is -0.120. The monoisotopic (exact) mass is 318 g/mol. The van der Waals surface area contributed by atoms with Crippen LogP contribution in [0.3, 0.4) is 0 Å². The number of benzene rings is 1. The van der Waals surface area contributed by atoms with Crippen LogP contribution in [-0.4, -0.2) is 29.9 Å². The maximum absolute atomic E-state index is 12.2. The first kappa shape index (κ1) is 16.3. The molecule has 0 aromatic heterocycles. The van der Waals surface area contributed by atoms with Crippen LogP contribution in [0.1, 0.15) is 43.7 Å². The quantitative estimate of drug-likeness (QED) is 0.754. The molecule has 1 aromatic rings. The van der Waals surface area contributed by atoms with Gasteiger partial charge in [-0.1, -0.05) is 30.7 Å². The second kappa shape index (κ2) is 6.89. The summed E-state index contributed by atoms with van der Waals surface area (Å²) in [5, 5.41) is 15.2. The van der Waals surface area contributed by atoms with Gasteiger partial charge in [-0.25, -0.2) is 4.79 Å². The Kier molecular flexibility index (Phi) is 4.87. The number of ether oxygens (including phenoxy) is 1. The number of urea groups is 1. The smallest absolute Gasteiger partial charge is 0.315 e. The lowest BCUT2D eigenvalue weighted by atomic mass is 9.51. The predicted molar refractivity (Wildman–Crippen MR) is 87.8 cm³/mol. The molecule has 0 bridgehead atoms. The third-order valence-corrected chi connectivity index (χ3v) is 5.37. The van der Waals surface area contributed by atoms with Crippen molar-refractivity contribution in [1.82, 2.24) is 10.6 Å². The Balaban J connectivity index is 1.48. The number of carbonyl (C=O) groups is 1. The average Bonchev–Trinajstić information content (AvgIpc) is 2.50. The van der Waals surface area contributed by atoms with E-state index in [4.69, 9.17) is 9.84 Å². The molecular weight excluding hydrogens is 292 g/mol. The zero-order valence-corrected chi connectivity index (χ0v) is 13.7. The van der Waals surface area contributed by atoms with Gasteiger partial charge in [0, 0.05) is 24.6 Å². The summed E-state index contributed by atoms with van der Waals surface area (Å²) >= 11 is 0. The Morgan fingerprint density at radius 1 is 1.39 bits per heavy atom. The normalized spacial score (nSPS) is 24.6. The summed E-state index contributed by atoms with van der Waals surface area (Å²) in [6.45, 7) is 3.25. The van der Waals surface area contributed by atoms with Crippen molar-refractivity contribution in [3.05, 3.63) is 35.4 Å². The van der Waals surface area contributed by atoms with Crippen molar-refractivity contribution < 1.29 is 14.6 Å². The van der Waals surface area contributed by atoms with Crippen molar-refractivity contribution in [2.45, 2.75) is 57.9 Å². The molecule has 2 atom stereocenters. The van der Waals surface area contributed by atoms with E-state index in [-0.39, 0.29) is 24.1 Å². The van der Waals surface area contributed by atoms with Crippen molar-refractivity contribution in [3.8, 4) is 0 Å². The Bertz CT molecular complexity index is 557. The minimum absolute atomic E-state index is 0.0173. The molecule has 1 spiro atoms. The van der Waals surface area contributed by atoms with E-state index in [0.29, 0.717) is 12.6 Å². The summed E-state index contributed by atoms with van der Waals surface area (Å²) in [5.74, 6) is 0. The molecule has 126 valence electrons. The molecule has 2 aliphatic carbocycles. The van der Waals surface area contributed by atoms with Crippen molar-refractivity contribution in [2.75, 3.05) is 6.61 Å². The Labute approximate surface area is 137 Å². The molecule has 3 rings (SSSR count). The number of aliphatic hydroxyl groups is 1. The van der Waals surface area contributed by atoms with Crippen molar-refractivity contribution in [1.29, 1.82) is 0 Å². The highest BCUT2D eigenvalue weighted by atomic mass is 16.5. The number of hydrogen-bond acceptors (Lipinski definition) is 3. The van der Waals surface area contributed by atoms with Crippen LogP contribution in [0.2, 0.25) is 0 Å². The molecule has 2 fully saturated rings. The number of amides is 2. The van der Waals surface area contributed by atoms with Gasteiger partial charge in [0.05, 0.1) is 12.7 Å². The molecule has 2 unspecified atom stereocenters. The fraction of sp³-hybridized carbons (Fsp3) is 0.611. The second-order valence-corrected chi connectivity index (χ2v) is 6.62. The molecule has 5 nitrogen and oxygen atoms in total. The van der Waals surface area contributed by atoms with Gasteiger partial charge in [0.2, 0.25) is 0 Å². The first-order valence-electron chi connectivity index (χ1n) is 8.52. The molecule has 0 saturated heterocycles. The van der Waals surface area contributed by atoms with Crippen molar-refractivity contribution >= 4 is 6.03 Å². The summed E-state index contributed by atoms with van der Waals surface area (Å²) in [6.07, 6.45) is 4.77. The lowest BCUT2D eigenvalue weighted by molar-refractivity contribution is -0.169. The molecule has 3 N–H and O–H groups in total. The highest BCUT2D eigenvalue weighted by Crippen LogP contribution is 2.57. The fourth-order valence-corrected chi connectivity index (χ4v) is 3.87. The van der Waals surface area contributed by atoms with Crippen LogP contribution in [0.5, 0.6) is 0 Å². The number of aliphatic hydroxyl groups excluding tert-OH is 1. The van der Waals surface area contributed by atoms with Gasteiger partial charge in [0.25, 0.3) is 0 Å². The SMILES string of the molecule is CCOC1CC(NC(=O)NCc2cccc(CO)c2)C12CCC2. The highest BCUT2D eigenvalue weighted by molar-refractivity contribution is 5.74. The Morgan fingerprint density at radius 3 is 2.83 bits per heavy atom. The largest absolute Gasteiger partial charge is 0.392 e. The van der Waals surface area contributed by atoms with E-state index in [9.17, 15) is 4.79 Å². The topological polar surface area (TPSA) is 70.6 Å². The summed E-state index contributed by atoms with van der Waals surface area (Å²) in [7, 11) is 0. The maximum atomic E-state index is 12.2. The van der Waals surface area contributed by atoms with Gasteiger partial charge >= 0.3 is 6.03 Å². The van der Waals surface area contributed by atoms with E-state index in [2.05, 4.69) is 10.6 Å². The minimum Gasteiger partial charge on any atom is -0.392 e. The van der Waals surface area contributed by atoms with Crippen LogP contribution in [0.25, 0.3) is 0 Å². The summed E-state index contributed by atoms with van der Waals surface area (Å²) in [6, 6.07) is 7.72. The maximum Gasteiger partial charge on any atom is 0.315 e. The summed E-state index contributed by atoms with van der Waals surface area (Å²) in [5.41, 5.74) is 2.03. The van der Waals surface area contributed by atoms with E-state index < -0.39 is 0 Å². The van der Waals surface area contributed by atoms with Gasteiger partial charge in [-0.05, 0) is 37.3 Å². The first-order chi connectivity index (χ1) is 11.2. The average molecular weight is 318 g/mol. The Morgan fingerprint density at radius 2 is 2.17 bits per heavy atom. The lowest BCUT2D eigenvalue weighted by Gasteiger charge is -2.60. The second-order valence-electron chi connectivity index (χ2n) is 6.62. The van der Waals surface area contributed by atoms with Crippen LogP contribution >= 0.6 is 0 Å². The number of carbonyl (C=O) groups excluding carboxylic acids is 1. The number of hydrogen-bond donors (Lipinski definition) is 3. The van der Waals surface area contributed by atoms with Gasteiger partial charge in [-0.3, -0.25) is 0 Å². The zero-order chi connectivity index (χ0) is 16.3. The molecule has 0 heterocycles. The molecular formula is C18H26N2O3. The van der Waals surface area contributed by atoms with Crippen LogP contribution in [0.4, 0.5) is 4.79 Å². The molecule has 23 heavy (non-hydrogen) atoms. The third-order valence-electron chi connectivity index (χ3n) is 5.37. The molecule has 2 saturated carbocycles. The van der Waals surface area contributed by atoms with Crippen LogP contribution < -0.4 is 10.6 Å². The predicted octanol–water partition coefficient (Wildman–Crippen LogP) is 2.33. The van der Waals surface area contributed by atoms with Gasteiger partial charge in [-0.15, -0.1) is 0 Å².